The number of hydrogen-bond donors (Lipinski definition) is 1. The first-order valence-electron chi connectivity index (χ1n) is 8.08. The number of thiophene rings is 1. The number of carbonyl (C=O) groups is 1. The summed E-state index contributed by atoms with van der Waals surface area (Å²) in [5.74, 6) is 1.90. The van der Waals surface area contributed by atoms with Crippen molar-refractivity contribution in [3.05, 3.63) is 53.1 Å². The maximum atomic E-state index is 12.2. The lowest BCUT2D eigenvalue weighted by Crippen LogP contribution is -2.29. The van der Waals surface area contributed by atoms with Crippen molar-refractivity contribution in [3.63, 3.8) is 0 Å². The number of carbonyl (C=O) groups excluding carboxylic acids is 1. The van der Waals surface area contributed by atoms with Gasteiger partial charge in [0.05, 0.1) is 12.2 Å². The van der Waals surface area contributed by atoms with E-state index in [4.69, 9.17) is 18.9 Å². The molecule has 3 heterocycles. The average Bonchev–Trinajstić information content (AvgIpc) is 3.34. The highest BCUT2D eigenvalue weighted by Gasteiger charge is 2.18. The van der Waals surface area contributed by atoms with Crippen molar-refractivity contribution in [3.8, 4) is 28.9 Å². The van der Waals surface area contributed by atoms with Crippen LogP contribution < -0.4 is 24.3 Å². The number of amides is 1. The second-order valence-electron chi connectivity index (χ2n) is 5.58. The highest BCUT2D eigenvalue weighted by atomic mass is 32.1. The molecule has 1 aliphatic rings. The Balaban J connectivity index is 1.45. The summed E-state index contributed by atoms with van der Waals surface area (Å²) in [7, 11) is 0. The maximum Gasteiger partial charge on any atom is 0.413 e. The van der Waals surface area contributed by atoms with Crippen LogP contribution in [0.2, 0.25) is 0 Å². The first-order valence-corrected chi connectivity index (χ1v) is 8.96. The predicted octanol–water partition coefficient (Wildman–Crippen LogP) is 3.91. The summed E-state index contributed by atoms with van der Waals surface area (Å²) in [5.41, 5.74) is 0. The molecule has 4 rings (SSSR count). The van der Waals surface area contributed by atoms with Gasteiger partial charge in [0.2, 0.25) is 12.5 Å². The van der Waals surface area contributed by atoms with Crippen LogP contribution in [0.1, 0.15) is 17.8 Å². The van der Waals surface area contributed by atoms with Crippen LogP contribution in [0.5, 0.6) is 28.9 Å². The summed E-state index contributed by atoms with van der Waals surface area (Å²) in [6.45, 7) is 2.04. The topological polar surface area (TPSA) is 91.8 Å². The second kappa shape index (κ2) is 7.50. The minimum Gasteiger partial charge on any atom is -0.454 e. The summed E-state index contributed by atoms with van der Waals surface area (Å²) in [6, 6.07) is 8.79. The molecule has 0 spiro atoms. The number of hydrogen-bond acceptors (Lipinski definition) is 8. The molecule has 1 unspecified atom stereocenters. The Labute approximate surface area is 158 Å². The molecular weight excluding hydrogens is 370 g/mol. The molecule has 1 amide bonds. The highest BCUT2D eigenvalue weighted by molar-refractivity contribution is 7.10. The number of rotatable bonds is 5. The number of nitrogens with one attached hydrogen (secondary N) is 1. The second-order valence-corrected chi connectivity index (χ2v) is 6.56. The van der Waals surface area contributed by atoms with Crippen LogP contribution in [-0.2, 0) is 0 Å². The van der Waals surface area contributed by atoms with E-state index in [1.807, 2.05) is 24.4 Å². The lowest BCUT2D eigenvalue weighted by molar-refractivity contribution is 0.174. The van der Waals surface area contributed by atoms with Gasteiger partial charge in [-0.05, 0) is 30.5 Å². The molecule has 0 radical (unpaired) electrons. The summed E-state index contributed by atoms with van der Waals surface area (Å²) >= 11 is 1.55. The van der Waals surface area contributed by atoms with E-state index in [2.05, 4.69) is 15.3 Å². The minimum atomic E-state index is -0.624. The van der Waals surface area contributed by atoms with Crippen LogP contribution in [0.25, 0.3) is 0 Å². The Kier molecular flexibility index (Phi) is 4.75. The molecule has 3 aromatic rings. The SMILES string of the molecule is CC(NC(=O)Oc1cncnc1Oc1ccc2c(c1)OCO2)c1cccs1. The zero-order chi connectivity index (χ0) is 18.6. The van der Waals surface area contributed by atoms with Gasteiger partial charge in [0.25, 0.3) is 5.88 Å². The van der Waals surface area contributed by atoms with Crippen molar-refractivity contribution >= 4 is 17.4 Å². The molecule has 138 valence electrons. The maximum absolute atomic E-state index is 12.2. The molecule has 0 fully saturated rings. The van der Waals surface area contributed by atoms with E-state index in [1.54, 1.807) is 29.5 Å². The highest BCUT2D eigenvalue weighted by Crippen LogP contribution is 2.37. The van der Waals surface area contributed by atoms with Gasteiger partial charge < -0.3 is 24.3 Å². The summed E-state index contributed by atoms with van der Waals surface area (Å²) in [6.07, 6.45) is 2.05. The molecule has 0 saturated carbocycles. The third kappa shape index (κ3) is 3.93. The molecule has 0 aliphatic carbocycles. The fraction of sp³-hybridized carbons (Fsp3) is 0.167. The van der Waals surface area contributed by atoms with Gasteiger partial charge in [0.15, 0.2) is 11.5 Å². The van der Waals surface area contributed by atoms with Crippen molar-refractivity contribution in [2.75, 3.05) is 6.79 Å². The standard InChI is InChI=1S/C18H15N3O5S/c1-11(16-3-2-6-27-16)21-18(22)26-15-8-19-9-20-17(15)25-12-4-5-13-14(7-12)24-10-23-13/h2-9,11H,10H2,1H3,(H,21,22). The van der Waals surface area contributed by atoms with E-state index in [0.717, 1.165) is 4.88 Å². The van der Waals surface area contributed by atoms with Crippen molar-refractivity contribution in [2.45, 2.75) is 13.0 Å². The van der Waals surface area contributed by atoms with Crippen LogP contribution >= 0.6 is 11.3 Å². The molecule has 0 bridgehead atoms. The molecule has 1 N–H and O–H groups in total. The van der Waals surface area contributed by atoms with Crippen LogP contribution in [-0.4, -0.2) is 22.9 Å². The lowest BCUT2D eigenvalue weighted by atomic mass is 10.3. The Bertz CT molecular complexity index is 948. The molecule has 1 atom stereocenters. The van der Waals surface area contributed by atoms with Gasteiger partial charge in [-0.2, -0.15) is 4.98 Å². The van der Waals surface area contributed by atoms with Gasteiger partial charge in [-0.25, -0.2) is 9.78 Å². The molecule has 1 aromatic carbocycles. The predicted molar refractivity (Wildman–Crippen MR) is 96.6 cm³/mol. The molecular formula is C18H15N3O5S. The van der Waals surface area contributed by atoms with E-state index < -0.39 is 6.09 Å². The van der Waals surface area contributed by atoms with Gasteiger partial charge in [0.1, 0.15) is 12.1 Å². The monoisotopic (exact) mass is 385 g/mol. The summed E-state index contributed by atoms with van der Waals surface area (Å²) in [4.78, 5) is 21.2. The van der Waals surface area contributed by atoms with Gasteiger partial charge in [0, 0.05) is 10.9 Å². The van der Waals surface area contributed by atoms with E-state index in [0.29, 0.717) is 17.2 Å². The molecule has 27 heavy (non-hydrogen) atoms. The number of nitrogens with zero attached hydrogens (tertiary/aromatic N) is 2. The third-order valence-electron chi connectivity index (χ3n) is 3.71. The van der Waals surface area contributed by atoms with Gasteiger partial charge in [-0.1, -0.05) is 6.07 Å². The zero-order valence-electron chi connectivity index (χ0n) is 14.2. The van der Waals surface area contributed by atoms with Crippen molar-refractivity contribution in [1.82, 2.24) is 15.3 Å². The normalized spacial score (nSPS) is 13.1. The Morgan fingerprint density at radius 2 is 2.19 bits per heavy atom. The van der Waals surface area contributed by atoms with E-state index in [1.165, 1.54) is 12.5 Å². The molecule has 0 saturated heterocycles. The Hall–Kier alpha value is -3.33. The Morgan fingerprint density at radius 3 is 3.04 bits per heavy atom. The van der Waals surface area contributed by atoms with Gasteiger partial charge >= 0.3 is 6.09 Å². The van der Waals surface area contributed by atoms with Gasteiger partial charge in [-0.3, -0.25) is 0 Å². The van der Waals surface area contributed by atoms with Crippen LogP contribution in [0.4, 0.5) is 4.79 Å². The van der Waals surface area contributed by atoms with Crippen molar-refractivity contribution in [2.24, 2.45) is 0 Å². The average molecular weight is 385 g/mol. The fourth-order valence-electron chi connectivity index (χ4n) is 2.42. The fourth-order valence-corrected chi connectivity index (χ4v) is 3.15. The number of fused-ring (bicyclic) bond motifs is 1. The van der Waals surface area contributed by atoms with Crippen molar-refractivity contribution < 1.29 is 23.7 Å². The smallest absolute Gasteiger partial charge is 0.413 e. The van der Waals surface area contributed by atoms with Crippen LogP contribution in [0, 0.1) is 0 Å². The van der Waals surface area contributed by atoms with Crippen molar-refractivity contribution in [1.29, 1.82) is 0 Å². The van der Waals surface area contributed by atoms with E-state index in [-0.39, 0.29) is 24.5 Å². The quantitative estimate of drug-likeness (QED) is 0.712. The number of ether oxygens (including phenoxy) is 4. The lowest BCUT2D eigenvalue weighted by Gasteiger charge is -2.13. The molecule has 8 nitrogen and oxygen atoms in total. The molecule has 1 aliphatic heterocycles. The molecule has 2 aromatic heterocycles. The van der Waals surface area contributed by atoms with Gasteiger partial charge in [-0.15, -0.1) is 11.3 Å². The largest absolute Gasteiger partial charge is 0.454 e. The first-order chi connectivity index (χ1) is 13.2. The zero-order valence-corrected chi connectivity index (χ0v) is 15.1. The van der Waals surface area contributed by atoms with Crippen LogP contribution in [0.15, 0.2) is 48.2 Å². The Morgan fingerprint density at radius 1 is 1.30 bits per heavy atom. The molecule has 9 heteroatoms. The van der Waals surface area contributed by atoms with E-state index >= 15 is 0 Å². The van der Waals surface area contributed by atoms with Crippen LogP contribution in [0.3, 0.4) is 0 Å². The van der Waals surface area contributed by atoms with E-state index in [9.17, 15) is 4.79 Å². The number of benzene rings is 1. The third-order valence-corrected chi connectivity index (χ3v) is 4.76. The summed E-state index contributed by atoms with van der Waals surface area (Å²) in [5, 5.41) is 4.70. The number of aromatic nitrogens is 2. The minimum absolute atomic E-state index is 0.103. The summed E-state index contributed by atoms with van der Waals surface area (Å²) < 4.78 is 21.6. The first kappa shape index (κ1) is 17.1.